The minimum atomic E-state index is -0.562. The molecule has 0 aliphatic rings. The molecule has 1 atom stereocenters. The van der Waals surface area contributed by atoms with Crippen molar-refractivity contribution in [3.8, 4) is 0 Å². The van der Waals surface area contributed by atoms with Crippen LogP contribution in [0, 0.1) is 6.92 Å². The summed E-state index contributed by atoms with van der Waals surface area (Å²) in [5, 5.41) is 8.11. The van der Waals surface area contributed by atoms with Crippen molar-refractivity contribution in [1.29, 1.82) is 0 Å². The van der Waals surface area contributed by atoms with E-state index in [-0.39, 0.29) is 11.8 Å². The Balaban J connectivity index is 2.90. The molecule has 0 saturated carbocycles. The molecule has 1 aromatic carbocycles. The summed E-state index contributed by atoms with van der Waals surface area (Å²) < 4.78 is 0. The van der Waals surface area contributed by atoms with Gasteiger partial charge >= 0.3 is 0 Å². The van der Waals surface area contributed by atoms with Gasteiger partial charge in [-0.25, -0.2) is 0 Å². The number of rotatable bonds is 4. The van der Waals surface area contributed by atoms with Crippen molar-refractivity contribution < 1.29 is 9.59 Å². The van der Waals surface area contributed by atoms with Gasteiger partial charge in [0, 0.05) is 19.8 Å². The number of aryl methyl sites for hydroxylation is 1. The number of anilines is 1. The molecule has 0 bridgehead atoms. The summed E-state index contributed by atoms with van der Waals surface area (Å²) >= 11 is 0. The Kier molecular flexibility index (Phi) is 4.71. The maximum atomic E-state index is 12.1. The van der Waals surface area contributed by atoms with Crippen molar-refractivity contribution in [2.45, 2.75) is 19.9 Å². The third-order valence-electron chi connectivity index (χ3n) is 2.68. The summed E-state index contributed by atoms with van der Waals surface area (Å²) in [6, 6.07) is 4.99. The number of amides is 2. The van der Waals surface area contributed by atoms with E-state index in [2.05, 4.69) is 16.0 Å². The van der Waals surface area contributed by atoms with Crippen LogP contribution in [-0.2, 0) is 4.79 Å². The Morgan fingerprint density at radius 3 is 2.44 bits per heavy atom. The van der Waals surface area contributed by atoms with E-state index < -0.39 is 6.04 Å². The van der Waals surface area contributed by atoms with Crippen molar-refractivity contribution in [2.24, 2.45) is 0 Å². The van der Waals surface area contributed by atoms with E-state index >= 15 is 0 Å². The van der Waals surface area contributed by atoms with Crippen molar-refractivity contribution in [1.82, 2.24) is 10.6 Å². The second-order valence-electron chi connectivity index (χ2n) is 4.11. The predicted octanol–water partition coefficient (Wildman–Crippen LogP) is 0.901. The average molecular weight is 249 g/mol. The molecule has 1 rings (SSSR count). The summed E-state index contributed by atoms with van der Waals surface area (Å²) in [5.41, 5.74) is 2.27. The monoisotopic (exact) mass is 249 g/mol. The Morgan fingerprint density at radius 2 is 1.89 bits per heavy atom. The lowest BCUT2D eigenvalue weighted by Crippen LogP contribution is -2.43. The SMILES string of the molecule is CNC(=O)C(C)NC(=O)c1cc(C)ccc1NC. The van der Waals surface area contributed by atoms with Crippen LogP contribution in [0.4, 0.5) is 5.69 Å². The lowest BCUT2D eigenvalue weighted by Gasteiger charge is -2.14. The number of carbonyl (C=O) groups excluding carboxylic acids is 2. The van der Waals surface area contributed by atoms with Crippen molar-refractivity contribution >= 4 is 17.5 Å². The van der Waals surface area contributed by atoms with Gasteiger partial charge in [0.1, 0.15) is 6.04 Å². The Labute approximate surface area is 107 Å². The van der Waals surface area contributed by atoms with Gasteiger partial charge in [0.05, 0.1) is 5.56 Å². The van der Waals surface area contributed by atoms with Gasteiger partial charge in [0.25, 0.3) is 5.91 Å². The molecule has 3 N–H and O–H groups in total. The fourth-order valence-electron chi connectivity index (χ4n) is 1.62. The summed E-state index contributed by atoms with van der Waals surface area (Å²) in [4.78, 5) is 23.4. The van der Waals surface area contributed by atoms with E-state index in [0.717, 1.165) is 11.3 Å². The van der Waals surface area contributed by atoms with E-state index in [4.69, 9.17) is 0 Å². The van der Waals surface area contributed by atoms with Crippen LogP contribution in [0.3, 0.4) is 0 Å². The van der Waals surface area contributed by atoms with Crippen LogP contribution in [0.1, 0.15) is 22.8 Å². The number of benzene rings is 1. The van der Waals surface area contributed by atoms with Crippen LogP contribution in [0.2, 0.25) is 0 Å². The summed E-state index contributed by atoms with van der Waals surface area (Å²) in [6.07, 6.45) is 0. The smallest absolute Gasteiger partial charge is 0.254 e. The topological polar surface area (TPSA) is 70.2 Å². The van der Waals surface area contributed by atoms with Gasteiger partial charge in [0.2, 0.25) is 5.91 Å². The molecule has 2 amide bonds. The summed E-state index contributed by atoms with van der Waals surface area (Å²) in [5.74, 6) is -0.485. The van der Waals surface area contributed by atoms with Gasteiger partial charge in [-0.2, -0.15) is 0 Å². The number of hydrogen-bond donors (Lipinski definition) is 3. The number of nitrogens with one attached hydrogen (secondary N) is 3. The second-order valence-corrected chi connectivity index (χ2v) is 4.11. The molecule has 18 heavy (non-hydrogen) atoms. The van der Waals surface area contributed by atoms with Crippen LogP contribution < -0.4 is 16.0 Å². The molecule has 0 aromatic heterocycles. The summed E-state index contributed by atoms with van der Waals surface area (Å²) in [6.45, 7) is 3.56. The Bertz CT molecular complexity index is 458. The normalized spacial score (nSPS) is 11.6. The Hall–Kier alpha value is -2.04. The van der Waals surface area contributed by atoms with Gasteiger partial charge in [-0.05, 0) is 26.0 Å². The zero-order chi connectivity index (χ0) is 13.7. The van der Waals surface area contributed by atoms with Gasteiger partial charge < -0.3 is 16.0 Å². The quantitative estimate of drug-likeness (QED) is 0.742. The van der Waals surface area contributed by atoms with Crippen LogP contribution in [0.25, 0.3) is 0 Å². The third-order valence-corrected chi connectivity index (χ3v) is 2.68. The van der Waals surface area contributed by atoms with E-state index in [0.29, 0.717) is 5.56 Å². The standard InChI is InChI=1S/C13H19N3O2/c1-8-5-6-11(14-3)10(7-8)13(18)16-9(2)12(17)15-4/h5-7,9,14H,1-4H3,(H,15,17)(H,16,18). The maximum Gasteiger partial charge on any atom is 0.254 e. The minimum absolute atomic E-state index is 0.220. The van der Waals surface area contributed by atoms with Crippen LogP contribution in [0.15, 0.2) is 18.2 Å². The molecule has 0 aliphatic carbocycles. The molecule has 0 heterocycles. The first-order valence-corrected chi connectivity index (χ1v) is 5.80. The molecular formula is C13H19N3O2. The van der Waals surface area contributed by atoms with E-state index in [1.807, 2.05) is 19.1 Å². The fourth-order valence-corrected chi connectivity index (χ4v) is 1.62. The van der Waals surface area contributed by atoms with Crippen LogP contribution in [-0.4, -0.2) is 32.0 Å². The number of likely N-dealkylation sites (N-methyl/N-ethyl adjacent to an activating group) is 1. The number of hydrogen-bond acceptors (Lipinski definition) is 3. The maximum absolute atomic E-state index is 12.1. The fraction of sp³-hybridized carbons (Fsp3) is 0.385. The van der Waals surface area contributed by atoms with Crippen LogP contribution >= 0.6 is 0 Å². The molecule has 1 aromatic rings. The highest BCUT2D eigenvalue weighted by Gasteiger charge is 2.17. The van der Waals surface area contributed by atoms with Crippen molar-refractivity contribution in [3.05, 3.63) is 29.3 Å². The van der Waals surface area contributed by atoms with Gasteiger partial charge in [-0.3, -0.25) is 9.59 Å². The highest BCUT2D eigenvalue weighted by Crippen LogP contribution is 2.16. The van der Waals surface area contributed by atoms with Gasteiger partial charge in [0.15, 0.2) is 0 Å². The molecule has 5 heteroatoms. The molecule has 0 saturated heterocycles. The first-order chi connectivity index (χ1) is 8.49. The first kappa shape index (κ1) is 14.0. The average Bonchev–Trinajstić information content (AvgIpc) is 2.37. The Morgan fingerprint density at radius 1 is 1.22 bits per heavy atom. The molecular weight excluding hydrogens is 230 g/mol. The molecule has 0 fully saturated rings. The summed E-state index contributed by atoms with van der Waals surface area (Å²) in [7, 11) is 3.29. The lowest BCUT2D eigenvalue weighted by molar-refractivity contribution is -0.122. The largest absolute Gasteiger partial charge is 0.387 e. The van der Waals surface area contributed by atoms with Gasteiger partial charge in [-0.15, -0.1) is 0 Å². The lowest BCUT2D eigenvalue weighted by atomic mass is 10.1. The zero-order valence-electron chi connectivity index (χ0n) is 11.1. The minimum Gasteiger partial charge on any atom is -0.387 e. The second kappa shape index (κ2) is 6.05. The highest BCUT2D eigenvalue weighted by molar-refractivity contribution is 6.01. The van der Waals surface area contributed by atoms with Crippen molar-refractivity contribution in [3.63, 3.8) is 0 Å². The molecule has 98 valence electrons. The zero-order valence-corrected chi connectivity index (χ0v) is 11.1. The van der Waals surface area contributed by atoms with E-state index in [9.17, 15) is 9.59 Å². The molecule has 0 spiro atoms. The third kappa shape index (κ3) is 3.23. The molecule has 5 nitrogen and oxygen atoms in total. The first-order valence-electron chi connectivity index (χ1n) is 5.80. The highest BCUT2D eigenvalue weighted by atomic mass is 16.2. The van der Waals surface area contributed by atoms with Crippen molar-refractivity contribution in [2.75, 3.05) is 19.4 Å². The van der Waals surface area contributed by atoms with E-state index in [1.54, 1.807) is 20.0 Å². The van der Waals surface area contributed by atoms with Gasteiger partial charge in [-0.1, -0.05) is 11.6 Å². The molecule has 0 aliphatic heterocycles. The predicted molar refractivity (Wildman–Crippen MR) is 71.7 cm³/mol. The molecule has 1 unspecified atom stereocenters. The number of carbonyl (C=O) groups is 2. The molecule has 0 radical (unpaired) electrons. The van der Waals surface area contributed by atoms with E-state index in [1.165, 1.54) is 7.05 Å². The van der Waals surface area contributed by atoms with Crippen LogP contribution in [0.5, 0.6) is 0 Å².